The summed E-state index contributed by atoms with van der Waals surface area (Å²) < 4.78 is 4.39. The van der Waals surface area contributed by atoms with E-state index in [0.29, 0.717) is 0 Å². The van der Waals surface area contributed by atoms with Crippen LogP contribution in [0, 0.1) is 5.92 Å². The molecule has 0 fully saturated rings. The quantitative estimate of drug-likeness (QED) is 0.366. The zero-order valence-electron chi connectivity index (χ0n) is 7.52. The topological polar surface area (TPSA) is 101 Å². The Labute approximate surface area is 79.8 Å². The Morgan fingerprint density at radius 1 is 1.29 bits per heavy atom. The van der Waals surface area contributed by atoms with Crippen molar-refractivity contribution in [2.75, 3.05) is 6.61 Å². The Balaban J connectivity index is 4.21. The lowest BCUT2D eigenvalue weighted by atomic mass is 10.2. The molecule has 0 aromatic heterocycles. The number of ether oxygens (including phenoxy) is 1. The second-order valence-corrected chi connectivity index (χ2v) is 2.61. The minimum atomic E-state index is -1.74. The summed E-state index contributed by atoms with van der Waals surface area (Å²) in [4.78, 5) is 31.4. The number of esters is 1. The van der Waals surface area contributed by atoms with Gasteiger partial charge in [-0.05, 0) is 6.92 Å². The molecule has 0 bridgehead atoms. The highest BCUT2D eigenvalue weighted by Gasteiger charge is 2.27. The summed E-state index contributed by atoms with van der Waals surface area (Å²) in [6.07, 6.45) is 0. The Bertz CT molecular complexity index is 266. The molecule has 0 aliphatic carbocycles. The Morgan fingerprint density at radius 2 is 1.71 bits per heavy atom. The zero-order valence-corrected chi connectivity index (χ0v) is 7.52. The zero-order chi connectivity index (χ0) is 11.3. The molecule has 0 saturated carbocycles. The second-order valence-electron chi connectivity index (χ2n) is 2.61. The fourth-order valence-electron chi connectivity index (χ4n) is 0.530. The monoisotopic (exact) mass is 202 g/mol. The lowest BCUT2D eigenvalue weighted by molar-refractivity contribution is -0.159. The number of carboxylic acids is 2. The van der Waals surface area contributed by atoms with Crippen LogP contribution in [0.1, 0.15) is 6.92 Å². The maximum atomic E-state index is 10.8. The summed E-state index contributed by atoms with van der Waals surface area (Å²) in [7, 11) is 0. The number of carbonyl (C=O) groups is 3. The van der Waals surface area contributed by atoms with Crippen molar-refractivity contribution in [1.82, 2.24) is 0 Å². The van der Waals surface area contributed by atoms with Gasteiger partial charge in [0.15, 0.2) is 5.92 Å². The summed E-state index contributed by atoms with van der Waals surface area (Å²) >= 11 is 0. The first-order valence-electron chi connectivity index (χ1n) is 3.64. The molecule has 0 rings (SSSR count). The first-order chi connectivity index (χ1) is 6.36. The molecule has 0 spiro atoms. The third-order valence-corrected chi connectivity index (χ3v) is 1.33. The Morgan fingerprint density at radius 3 is 2.00 bits per heavy atom. The second kappa shape index (κ2) is 5.00. The van der Waals surface area contributed by atoms with Crippen LogP contribution < -0.4 is 0 Å². The highest BCUT2D eigenvalue weighted by molar-refractivity contribution is 5.93. The van der Waals surface area contributed by atoms with Gasteiger partial charge in [-0.3, -0.25) is 9.59 Å². The first kappa shape index (κ1) is 12.2. The van der Waals surface area contributed by atoms with E-state index in [1.165, 1.54) is 6.92 Å². The Kier molecular flexibility index (Phi) is 4.34. The Hall–Kier alpha value is -1.85. The minimum Gasteiger partial charge on any atom is -0.481 e. The molecular formula is C8H10O6. The first-order valence-corrected chi connectivity index (χ1v) is 3.64. The molecule has 0 atom stereocenters. The van der Waals surface area contributed by atoms with E-state index in [9.17, 15) is 14.4 Å². The third kappa shape index (κ3) is 3.70. The molecule has 2 N–H and O–H groups in total. The highest BCUT2D eigenvalue weighted by atomic mass is 16.5. The fourth-order valence-corrected chi connectivity index (χ4v) is 0.530. The molecule has 0 amide bonds. The standard InChI is InChI=1S/C8H10O6/c1-4(2)8(13)14-3-5(6(9)10)7(11)12/h5H,1,3H2,2H3,(H,9,10)(H,11,12). The lowest BCUT2D eigenvalue weighted by Gasteiger charge is -2.07. The van der Waals surface area contributed by atoms with Gasteiger partial charge in [0.2, 0.25) is 0 Å². The van der Waals surface area contributed by atoms with Crippen LogP contribution in [0.2, 0.25) is 0 Å². The van der Waals surface area contributed by atoms with Gasteiger partial charge < -0.3 is 14.9 Å². The predicted molar refractivity (Wildman–Crippen MR) is 44.5 cm³/mol. The summed E-state index contributed by atoms with van der Waals surface area (Å²) in [5.41, 5.74) is 0.0829. The van der Waals surface area contributed by atoms with E-state index in [4.69, 9.17) is 10.2 Å². The summed E-state index contributed by atoms with van der Waals surface area (Å²) in [6, 6.07) is 0. The summed E-state index contributed by atoms with van der Waals surface area (Å²) in [6.45, 7) is 3.93. The number of carboxylic acid groups (broad SMARTS) is 2. The van der Waals surface area contributed by atoms with Gasteiger partial charge in [-0.15, -0.1) is 0 Å². The molecule has 6 nitrogen and oxygen atoms in total. The SMILES string of the molecule is C=C(C)C(=O)OCC(C(=O)O)C(=O)O. The van der Waals surface area contributed by atoms with E-state index in [0.717, 1.165) is 0 Å². The van der Waals surface area contributed by atoms with Crippen LogP contribution >= 0.6 is 0 Å². The van der Waals surface area contributed by atoms with Crippen LogP contribution in [0.25, 0.3) is 0 Å². The van der Waals surface area contributed by atoms with Gasteiger partial charge in [0.1, 0.15) is 6.61 Å². The highest BCUT2D eigenvalue weighted by Crippen LogP contribution is 2.01. The van der Waals surface area contributed by atoms with Gasteiger partial charge in [0.05, 0.1) is 0 Å². The predicted octanol–water partition coefficient (Wildman–Crippen LogP) is -0.109. The van der Waals surface area contributed by atoms with Crippen molar-refractivity contribution in [2.45, 2.75) is 6.92 Å². The van der Waals surface area contributed by atoms with E-state index < -0.39 is 30.4 Å². The van der Waals surface area contributed by atoms with Crippen LogP contribution in [0.4, 0.5) is 0 Å². The number of carbonyl (C=O) groups excluding carboxylic acids is 1. The van der Waals surface area contributed by atoms with Gasteiger partial charge in [-0.25, -0.2) is 4.79 Å². The molecule has 0 aromatic carbocycles. The summed E-state index contributed by atoms with van der Waals surface area (Å²) in [5, 5.41) is 16.8. The van der Waals surface area contributed by atoms with Gasteiger partial charge in [0, 0.05) is 5.57 Å². The van der Waals surface area contributed by atoms with Crippen molar-refractivity contribution in [2.24, 2.45) is 5.92 Å². The number of hydrogen-bond donors (Lipinski definition) is 2. The number of rotatable bonds is 5. The molecule has 0 saturated heterocycles. The van der Waals surface area contributed by atoms with E-state index in [2.05, 4.69) is 11.3 Å². The smallest absolute Gasteiger partial charge is 0.333 e. The molecule has 0 unspecified atom stereocenters. The van der Waals surface area contributed by atoms with Crippen molar-refractivity contribution >= 4 is 17.9 Å². The van der Waals surface area contributed by atoms with Crippen LogP contribution in [-0.4, -0.2) is 34.7 Å². The average Bonchev–Trinajstić information content (AvgIpc) is 2.02. The van der Waals surface area contributed by atoms with Gasteiger partial charge in [-0.2, -0.15) is 0 Å². The van der Waals surface area contributed by atoms with Crippen molar-refractivity contribution in [1.29, 1.82) is 0 Å². The normalized spacial score (nSPS) is 9.57. The molecule has 14 heavy (non-hydrogen) atoms. The van der Waals surface area contributed by atoms with Crippen molar-refractivity contribution in [3.8, 4) is 0 Å². The largest absolute Gasteiger partial charge is 0.481 e. The van der Waals surface area contributed by atoms with E-state index in [1.54, 1.807) is 0 Å². The van der Waals surface area contributed by atoms with E-state index in [1.807, 2.05) is 0 Å². The average molecular weight is 202 g/mol. The van der Waals surface area contributed by atoms with E-state index in [-0.39, 0.29) is 5.57 Å². The van der Waals surface area contributed by atoms with Crippen molar-refractivity contribution in [3.05, 3.63) is 12.2 Å². The van der Waals surface area contributed by atoms with Crippen LogP contribution in [0.3, 0.4) is 0 Å². The molecule has 6 heteroatoms. The number of aliphatic carboxylic acids is 2. The van der Waals surface area contributed by atoms with Gasteiger partial charge in [-0.1, -0.05) is 6.58 Å². The maximum absolute atomic E-state index is 10.8. The lowest BCUT2D eigenvalue weighted by Crippen LogP contribution is -2.29. The fraction of sp³-hybridized carbons (Fsp3) is 0.375. The van der Waals surface area contributed by atoms with Crippen LogP contribution in [0.5, 0.6) is 0 Å². The van der Waals surface area contributed by atoms with Gasteiger partial charge in [0.25, 0.3) is 0 Å². The maximum Gasteiger partial charge on any atom is 0.333 e. The molecule has 0 aliphatic heterocycles. The third-order valence-electron chi connectivity index (χ3n) is 1.33. The molecule has 78 valence electrons. The van der Waals surface area contributed by atoms with Crippen LogP contribution in [0.15, 0.2) is 12.2 Å². The van der Waals surface area contributed by atoms with Gasteiger partial charge >= 0.3 is 17.9 Å². The molecule has 0 radical (unpaired) electrons. The number of hydrogen-bond acceptors (Lipinski definition) is 4. The molecule has 0 heterocycles. The minimum absolute atomic E-state index is 0.0829. The molecule has 0 aliphatic rings. The molecule has 0 aromatic rings. The molecular weight excluding hydrogens is 192 g/mol. The van der Waals surface area contributed by atoms with Crippen LogP contribution in [-0.2, 0) is 19.1 Å². The van der Waals surface area contributed by atoms with Crippen molar-refractivity contribution < 1.29 is 29.3 Å². The van der Waals surface area contributed by atoms with E-state index >= 15 is 0 Å². The summed E-state index contributed by atoms with van der Waals surface area (Å²) in [5.74, 6) is -5.64. The van der Waals surface area contributed by atoms with Crippen molar-refractivity contribution in [3.63, 3.8) is 0 Å².